The van der Waals surface area contributed by atoms with Crippen LogP contribution >= 0.6 is 0 Å². The molecule has 0 bridgehead atoms. The molecule has 1 aliphatic rings. The van der Waals surface area contributed by atoms with Crippen LogP contribution in [0.25, 0.3) is 0 Å². The number of Topliss-reactive ketones (excluding diaryl/α,β-unsaturated/α-hetero) is 1. The van der Waals surface area contributed by atoms with Gasteiger partial charge in [-0.25, -0.2) is 0 Å². The lowest BCUT2D eigenvalue weighted by Gasteiger charge is -2.16. The molecule has 0 aliphatic carbocycles. The predicted octanol–water partition coefficient (Wildman–Crippen LogP) is 1.91. The Hall–Kier alpha value is -2.46. The van der Waals surface area contributed by atoms with E-state index in [2.05, 4.69) is 0 Å². The third-order valence-corrected chi connectivity index (χ3v) is 3.44. The fourth-order valence-corrected chi connectivity index (χ4v) is 2.47. The fourth-order valence-electron chi connectivity index (χ4n) is 2.47. The average molecular weight is 267 g/mol. The van der Waals surface area contributed by atoms with Crippen molar-refractivity contribution >= 4 is 17.4 Å². The first kappa shape index (κ1) is 12.6. The number of anilines is 1. The summed E-state index contributed by atoms with van der Waals surface area (Å²) in [6, 6.07) is 14.6. The average Bonchev–Trinajstić information content (AvgIpc) is 2.73. The molecule has 1 amide bonds. The van der Waals surface area contributed by atoms with Crippen LogP contribution in [0.2, 0.25) is 0 Å². The van der Waals surface area contributed by atoms with Crippen molar-refractivity contribution in [2.75, 3.05) is 4.90 Å². The maximum atomic E-state index is 12.1. The van der Waals surface area contributed by atoms with Crippen LogP contribution in [0.4, 0.5) is 5.69 Å². The van der Waals surface area contributed by atoms with Gasteiger partial charge in [0.1, 0.15) is 0 Å². The van der Waals surface area contributed by atoms with Gasteiger partial charge in [0.15, 0.2) is 0 Å². The van der Waals surface area contributed by atoms with Gasteiger partial charge < -0.3 is 10.0 Å². The zero-order valence-electron chi connectivity index (χ0n) is 10.7. The maximum Gasteiger partial charge on any atom is 0.299 e. The van der Waals surface area contributed by atoms with E-state index in [0.29, 0.717) is 23.4 Å². The molecule has 0 fully saturated rings. The van der Waals surface area contributed by atoms with Crippen molar-refractivity contribution in [3.8, 4) is 0 Å². The van der Waals surface area contributed by atoms with Crippen LogP contribution in [0.3, 0.4) is 0 Å². The Bertz CT molecular complexity index is 679. The predicted molar refractivity (Wildman–Crippen MR) is 74.3 cm³/mol. The summed E-state index contributed by atoms with van der Waals surface area (Å²) in [5.74, 6) is -1.08. The van der Waals surface area contributed by atoms with Crippen molar-refractivity contribution < 1.29 is 14.7 Å². The lowest BCUT2D eigenvalue weighted by atomic mass is 10.0. The summed E-state index contributed by atoms with van der Waals surface area (Å²) in [7, 11) is 0. The molecule has 2 aromatic rings. The number of fused-ring (bicyclic) bond motifs is 1. The van der Waals surface area contributed by atoms with Crippen LogP contribution in [-0.2, 0) is 17.9 Å². The topological polar surface area (TPSA) is 57.6 Å². The third-order valence-electron chi connectivity index (χ3n) is 3.44. The quantitative estimate of drug-likeness (QED) is 0.864. The highest BCUT2D eigenvalue weighted by Crippen LogP contribution is 2.32. The summed E-state index contributed by atoms with van der Waals surface area (Å²) < 4.78 is 0. The number of nitrogens with zero attached hydrogens (tertiary/aromatic N) is 1. The monoisotopic (exact) mass is 267 g/mol. The van der Waals surface area contributed by atoms with E-state index in [1.807, 2.05) is 30.3 Å². The van der Waals surface area contributed by atoms with Gasteiger partial charge in [-0.2, -0.15) is 0 Å². The Kier molecular flexibility index (Phi) is 3.08. The number of hydrogen-bond acceptors (Lipinski definition) is 3. The standard InChI is InChI=1S/C16H13NO3/c18-10-12-7-4-8-13-14(12)15(19)16(20)17(13)9-11-5-2-1-3-6-11/h1-8,18H,9-10H2. The summed E-state index contributed by atoms with van der Waals surface area (Å²) in [6.07, 6.45) is 0. The van der Waals surface area contributed by atoms with E-state index < -0.39 is 11.7 Å². The number of aliphatic hydroxyl groups is 1. The summed E-state index contributed by atoms with van der Waals surface area (Å²) >= 11 is 0. The summed E-state index contributed by atoms with van der Waals surface area (Å²) in [5.41, 5.74) is 2.36. The lowest BCUT2D eigenvalue weighted by Crippen LogP contribution is -2.29. The molecule has 0 saturated carbocycles. The molecular weight excluding hydrogens is 254 g/mol. The van der Waals surface area contributed by atoms with Gasteiger partial charge in [0, 0.05) is 0 Å². The number of carbonyl (C=O) groups is 2. The van der Waals surface area contributed by atoms with Crippen molar-refractivity contribution in [1.29, 1.82) is 0 Å². The number of carbonyl (C=O) groups excluding carboxylic acids is 2. The molecular formula is C16H13NO3. The van der Waals surface area contributed by atoms with Gasteiger partial charge in [-0.1, -0.05) is 42.5 Å². The number of rotatable bonds is 3. The number of benzene rings is 2. The summed E-state index contributed by atoms with van der Waals surface area (Å²) in [6.45, 7) is 0.106. The van der Waals surface area contributed by atoms with Crippen LogP contribution < -0.4 is 4.90 Å². The molecule has 100 valence electrons. The van der Waals surface area contributed by atoms with Crippen LogP contribution in [0.5, 0.6) is 0 Å². The SMILES string of the molecule is O=C1C(=O)N(Cc2ccccc2)c2cccc(CO)c21. The lowest BCUT2D eigenvalue weighted by molar-refractivity contribution is -0.114. The first-order valence-corrected chi connectivity index (χ1v) is 6.35. The Morgan fingerprint density at radius 3 is 2.40 bits per heavy atom. The van der Waals surface area contributed by atoms with E-state index in [4.69, 9.17) is 0 Å². The molecule has 0 spiro atoms. The van der Waals surface area contributed by atoms with Crippen LogP contribution in [0.1, 0.15) is 21.5 Å². The molecule has 0 saturated heterocycles. The smallest absolute Gasteiger partial charge is 0.299 e. The van der Waals surface area contributed by atoms with Crippen molar-refractivity contribution in [2.45, 2.75) is 13.2 Å². The van der Waals surface area contributed by atoms with Crippen LogP contribution in [0, 0.1) is 0 Å². The molecule has 1 heterocycles. The number of ketones is 1. The van der Waals surface area contributed by atoms with Crippen molar-refractivity contribution in [2.24, 2.45) is 0 Å². The first-order valence-electron chi connectivity index (χ1n) is 6.35. The van der Waals surface area contributed by atoms with Gasteiger partial charge >= 0.3 is 0 Å². The van der Waals surface area contributed by atoms with E-state index in [1.54, 1.807) is 18.2 Å². The normalized spacial score (nSPS) is 13.8. The van der Waals surface area contributed by atoms with Crippen LogP contribution in [-0.4, -0.2) is 16.8 Å². The van der Waals surface area contributed by atoms with Crippen molar-refractivity contribution in [3.05, 3.63) is 65.2 Å². The van der Waals surface area contributed by atoms with E-state index in [0.717, 1.165) is 5.56 Å². The minimum Gasteiger partial charge on any atom is -0.392 e. The minimum absolute atomic E-state index is 0.249. The first-order chi connectivity index (χ1) is 9.72. The van der Waals surface area contributed by atoms with Gasteiger partial charge in [0.05, 0.1) is 24.4 Å². The highest BCUT2D eigenvalue weighted by molar-refractivity contribution is 6.52. The molecule has 20 heavy (non-hydrogen) atoms. The van der Waals surface area contributed by atoms with Gasteiger partial charge in [-0.15, -0.1) is 0 Å². The van der Waals surface area contributed by atoms with Crippen molar-refractivity contribution in [3.63, 3.8) is 0 Å². The van der Waals surface area contributed by atoms with E-state index in [-0.39, 0.29) is 6.61 Å². The highest BCUT2D eigenvalue weighted by atomic mass is 16.3. The fraction of sp³-hybridized carbons (Fsp3) is 0.125. The Morgan fingerprint density at radius 1 is 0.950 bits per heavy atom. The molecule has 1 N–H and O–H groups in total. The molecule has 0 unspecified atom stereocenters. The Balaban J connectivity index is 2.03. The molecule has 0 aromatic heterocycles. The van der Waals surface area contributed by atoms with E-state index >= 15 is 0 Å². The molecule has 0 radical (unpaired) electrons. The largest absolute Gasteiger partial charge is 0.392 e. The summed E-state index contributed by atoms with van der Waals surface area (Å²) in [5, 5.41) is 9.30. The van der Waals surface area contributed by atoms with Crippen molar-refractivity contribution in [1.82, 2.24) is 0 Å². The second-order valence-electron chi connectivity index (χ2n) is 4.68. The zero-order valence-corrected chi connectivity index (χ0v) is 10.7. The van der Waals surface area contributed by atoms with Gasteiger partial charge in [0.25, 0.3) is 11.7 Å². The molecule has 2 aromatic carbocycles. The third kappa shape index (κ3) is 1.90. The van der Waals surface area contributed by atoms with E-state index in [9.17, 15) is 14.7 Å². The minimum atomic E-state index is -0.541. The van der Waals surface area contributed by atoms with Gasteiger partial charge in [0.2, 0.25) is 0 Å². The molecule has 4 heteroatoms. The van der Waals surface area contributed by atoms with Gasteiger partial charge in [-0.3, -0.25) is 9.59 Å². The maximum absolute atomic E-state index is 12.1. The van der Waals surface area contributed by atoms with Crippen LogP contribution in [0.15, 0.2) is 48.5 Å². The summed E-state index contributed by atoms with van der Waals surface area (Å²) in [4.78, 5) is 25.7. The highest BCUT2D eigenvalue weighted by Gasteiger charge is 2.37. The number of hydrogen-bond donors (Lipinski definition) is 1. The second-order valence-corrected chi connectivity index (χ2v) is 4.68. The number of amides is 1. The molecule has 1 aliphatic heterocycles. The molecule has 4 nitrogen and oxygen atoms in total. The Labute approximate surface area is 116 Å². The molecule has 0 atom stereocenters. The number of aliphatic hydroxyl groups excluding tert-OH is 1. The van der Waals surface area contributed by atoms with E-state index in [1.165, 1.54) is 4.90 Å². The zero-order chi connectivity index (χ0) is 14.1. The Morgan fingerprint density at radius 2 is 1.70 bits per heavy atom. The van der Waals surface area contributed by atoms with Gasteiger partial charge in [-0.05, 0) is 17.2 Å². The molecule has 3 rings (SSSR count). The second kappa shape index (κ2) is 4.90.